The van der Waals surface area contributed by atoms with Crippen molar-refractivity contribution in [1.29, 1.82) is 0 Å². The molecule has 132 valence electrons. The van der Waals surface area contributed by atoms with Gasteiger partial charge < -0.3 is 19.5 Å². The van der Waals surface area contributed by atoms with Crippen molar-refractivity contribution in [1.82, 2.24) is 14.8 Å². The van der Waals surface area contributed by atoms with E-state index in [9.17, 15) is 0 Å². The molecule has 0 atom stereocenters. The number of hydrogen-bond donors (Lipinski definition) is 1. The van der Waals surface area contributed by atoms with E-state index < -0.39 is 0 Å². The van der Waals surface area contributed by atoms with Crippen LogP contribution in [0.1, 0.15) is 25.0 Å². The standard InChI is InChI=1S/C16H27ClN4O.HI/c1-18-16(19-7-4-8-22-12-13-5-6-13)21(3)11-15-9-14(17)10-20(15)2;/h9-10,13H,4-8,11-12H2,1-3H3,(H,18,19);1H. The van der Waals surface area contributed by atoms with Crippen LogP contribution in [-0.2, 0) is 18.3 Å². The maximum atomic E-state index is 6.02. The number of ether oxygens (including phenoxy) is 1. The molecule has 1 heterocycles. The van der Waals surface area contributed by atoms with Crippen molar-refractivity contribution >= 4 is 41.5 Å². The summed E-state index contributed by atoms with van der Waals surface area (Å²) >= 11 is 6.02. The highest BCUT2D eigenvalue weighted by Gasteiger charge is 2.20. The Morgan fingerprint density at radius 2 is 2.26 bits per heavy atom. The van der Waals surface area contributed by atoms with Crippen molar-refractivity contribution < 1.29 is 4.74 Å². The Bertz CT molecular complexity index is 502. The summed E-state index contributed by atoms with van der Waals surface area (Å²) in [6.45, 7) is 3.39. The van der Waals surface area contributed by atoms with Gasteiger partial charge in [0.1, 0.15) is 0 Å². The van der Waals surface area contributed by atoms with Crippen molar-refractivity contribution in [2.75, 3.05) is 33.9 Å². The maximum absolute atomic E-state index is 6.02. The largest absolute Gasteiger partial charge is 0.381 e. The van der Waals surface area contributed by atoms with Crippen LogP contribution < -0.4 is 5.32 Å². The second kappa shape index (κ2) is 10.4. The minimum Gasteiger partial charge on any atom is -0.381 e. The van der Waals surface area contributed by atoms with Gasteiger partial charge in [0.05, 0.1) is 11.6 Å². The van der Waals surface area contributed by atoms with Crippen molar-refractivity contribution in [2.45, 2.75) is 25.8 Å². The highest BCUT2D eigenvalue weighted by Crippen LogP contribution is 2.28. The normalized spacial score (nSPS) is 14.5. The molecule has 2 rings (SSSR count). The van der Waals surface area contributed by atoms with Gasteiger partial charge in [0, 0.05) is 52.8 Å². The number of halogens is 2. The van der Waals surface area contributed by atoms with Crippen molar-refractivity contribution in [3.8, 4) is 0 Å². The fraction of sp³-hybridized carbons (Fsp3) is 0.688. The first-order chi connectivity index (χ1) is 10.6. The summed E-state index contributed by atoms with van der Waals surface area (Å²) in [5.74, 6) is 1.73. The molecule has 0 aromatic carbocycles. The highest BCUT2D eigenvalue weighted by atomic mass is 127. The zero-order valence-corrected chi connectivity index (χ0v) is 17.3. The molecule has 23 heavy (non-hydrogen) atoms. The molecule has 0 spiro atoms. The van der Waals surface area contributed by atoms with Gasteiger partial charge in [-0.05, 0) is 31.2 Å². The van der Waals surface area contributed by atoms with Gasteiger partial charge in [0.15, 0.2) is 5.96 Å². The van der Waals surface area contributed by atoms with E-state index in [0.717, 1.165) is 55.3 Å². The second-order valence-corrected chi connectivity index (χ2v) is 6.40. The molecule has 5 nitrogen and oxygen atoms in total. The zero-order chi connectivity index (χ0) is 15.9. The Balaban J connectivity index is 0.00000264. The number of hydrogen-bond acceptors (Lipinski definition) is 2. The third-order valence-corrected chi connectivity index (χ3v) is 4.05. The van der Waals surface area contributed by atoms with Crippen LogP contribution in [0.5, 0.6) is 0 Å². The Hall–Kier alpha value is -0.470. The topological polar surface area (TPSA) is 41.8 Å². The van der Waals surface area contributed by atoms with Gasteiger partial charge in [0.2, 0.25) is 0 Å². The molecule has 0 unspecified atom stereocenters. The van der Waals surface area contributed by atoms with E-state index in [1.165, 1.54) is 12.8 Å². The summed E-state index contributed by atoms with van der Waals surface area (Å²) < 4.78 is 7.68. The predicted octanol–water partition coefficient (Wildman–Crippen LogP) is 3.12. The monoisotopic (exact) mass is 454 g/mol. The average Bonchev–Trinajstić information content (AvgIpc) is 3.24. The summed E-state index contributed by atoms with van der Waals surface area (Å²) in [5, 5.41) is 4.14. The number of aliphatic imine (C=N–C) groups is 1. The van der Waals surface area contributed by atoms with E-state index in [1.54, 1.807) is 7.05 Å². The van der Waals surface area contributed by atoms with Crippen LogP contribution in [0.2, 0.25) is 5.02 Å². The molecule has 0 bridgehead atoms. The molecule has 1 N–H and O–H groups in total. The first-order valence-corrected chi connectivity index (χ1v) is 8.28. The second-order valence-electron chi connectivity index (χ2n) is 5.96. The number of rotatable bonds is 8. The SMILES string of the molecule is CN=C(NCCCOCC1CC1)N(C)Cc1cc(Cl)cn1C.I. The van der Waals surface area contributed by atoms with Crippen LogP contribution in [-0.4, -0.2) is 49.3 Å². The van der Waals surface area contributed by atoms with Crippen LogP contribution >= 0.6 is 35.6 Å². The highest BCUT2D eigenvalue weighted by molar-refractivity contribution is 14.0. The molecule has 1 aromatic rings. The van der Waals surface area contributed by atoms with Crippen LogP contribution in [0.3, 0.4) is 0 Å². The van der Waals surface area contributed by atoms with Crippen LogP contribution in [0, 0.1) is 5.92 Å². The first-order valence-electron chi connectivity index (χ1n) is 7.90. The number of aromatic nitrogens is 1. The molecule has 0 aliphatic heterocycles. The molecular weight excluding hydrogens is 427 g/mol. The van der Waals surface area contributed by atoms with Crippen molar-refractivity contribution in [2.24, 2.45) is 18.0 Å². The molecule has 1 saturated carbocycles. The van der Waals surface area contributed by atoms with Gasteiger partial charge in [-0.15, -0.1) is 24.0 Å². The average molecular weight is 455 g/mol. The third kappa shape index (κ3) is 7.30. The first kappa shape index (κ1) is 20.6. The molecule has 1 fully saturated rings. The molecule has 0 amide bonds. The lowest BCUT2D eigenvalue weighted by molar-refractivity contribution is 0.122. The van der Waals surface area contributed by atoms with E-state index in [-0.39, 0.29) is 24.0 Å². The van der Waals surface area contributed by atoms with Crippen LogP contribution in [0.25, 0.3) is 0 Å². The van der Waals surface area contributed by atoms with Gasteiger partial charge in [0.25, 0.3) is 0 Å². The molecule has 1 aliphatic carbocycles. The third-order valence-electron chi connectivity index (χ3n) is 3.85. The minimum absolute atomic E-state index is 0. The lowest BCUT2D eigenvalue weighted by atomic mass is 10.4. The minimum atomic E-state index is 0. The molecular formula is C16H28ClIN4O. The molecule has 0 radical (unpaired) electrons. The quantitative estimate of drug-likeness (QED) is 0.284. The fourth-order valence-corrected chi connectivity index (χ4v) is 2.61. The lowest BCUT2D eigenvalue weighted by Gasteiger charge is -2.22. The molecule has 0 saturated heterocycles. The Kier molecular flexibility index (Phi) is 9.31. The summed E-state index contributed by atoms with van der Waals surface area (Å²) in [7, 11) is 5.84. The van der Waals surface area contributed by atoms with Crippen molar-refractivity contribution in [3.05, 3.63) is 23.0 Å². The van der Waals surface area contributed by atoms with Gasteiger partial charge >= 0.3 is 0 Å². The Labute approximate surface area is 161 Å². The summed E-state index contributed by atoms with van der Waals surface area (Å²) in [5.41, 5.74) is 1.16. The Morgan fingerprint density at radius 3 is 2.83 bits per heavy atom. The zero-order valence-electron chi connectivity index (χ0n) is 14.2. The molecule has 7 heteroatoms. The fourth-order valence-electron chi connectivity index (χ4n) is 2.33. The summed E-state index contributed by atoms with van der Waals surface area (Å²) in [4.78, 5) is 6.42. The summed E-state index contributed by atoms with van der Waals surface area (Å²) in [6.07, 6.45) is 5.60. The lowest BCUT2D eigenvalue weighted by Crippen LogP contribution is -2.39. The van der Waals surface area contributed by atoms with E-state index in [1.807, 2.05) is 30.9 Å². The maximum Gasteiger partial charge on any atom is 0.193 e. The van der Waals surface area contributed by atoms with Gasteiger partial charge in [-0.2, -0.15) is 0 Å². The van der Waals surface area contributed by atoms with Gasteiger partial charge in [-0.1, -0.05) is 11.6 Å². The number of nitrogens with one attached hydrogen (secondary N) is 1. The van der Waals surface area contributed by atoms with Gasteiger partial charge in [-0.25, -0.2) is 0 Å². The van der Waals surface area contributed by atoms with E-state index in [0.29, 0.717) is 0 Å². The number of aryl methyl sites for hydroxylation is 1. The molecule has 1 aliphatic rings. The van der Waals surface area contributed by atoms with E-state index in [2.05, 4.69) is 15.2 Å². The van der Waals surface area contributed by atoms with E-state index in [4.69, 9.17) is 16.3 Å². The van der Waals surface area contributed by atoms with Crippen LogP contribution in [0.4, 0.5) is 0 Å². The number of nitrogens with zero attached hydrogens (tertiary/aromatic N) is 3. The van der Waals surface area contributed by atoms with Crippen molar-refractivity contribution in [3.63, 3.8) is 0 Å². The van der Waals surface area contributed by atoms with Crippen LogP contribution in [0.15, 0.2) is 17.3 Å². The Morgan fingerprint density at radius 1 is 1.52 bits per heavy atom. The smallest absolute Gasteiger partial charge is 0.193 e. The summed E-state index contributed by atoms with van der Waals surface area (Å²) in [6, 6.07) is 1.98. The van der Waals surface area contributed by atoms with E-state index >= 15 is 0 Å². The number of guanidine groups is 1. The molecule has 1 aromatic heterocycles. The van der Waals surface area contributed by atoms with Gasteiger partial charge in [-0.3, -0.25) is 4.99 Å². The predicted molar refractivity (Wildman–Crippen MR) is 107 cm³/mol.